The van der Waals surface area contributed by atoms with Crippen molar-refractivity contribution in [2.75, 3.05) is 27.4 Å². The number of ether oxygens (including phenoxy) is 3. The Bertz CT molecular complexity index is 463. The number of alkyl carbamates (subject to hydrolysis) is 1. The minimum absolute atomic E-state index is 0.0582. The molecule has 1 aliphatic carbocycles. The minimum Gasteiger partial charge on any atom is -0.445 e. The van der Waals surface area contributed by atoms with E-state index in [9.17, 15) is 4.79 Å². The van der Waals surface area contributed by atoms with Gasteiger partial charge in [-0.1, -0.05) is 30.3 Å². The third kappa shape index (κ3) is 6.17. The molecule has 23 heavy (non-hydrogen) atoms. The van der Waals surface area contributed by atoms with Gasteiger partial charge in [0.15, 0.2) is 0 Å². The first kappa shape index (κ1) is 17.7. The molecule has 6 heteroatoms. The van der Waals surface area contributed by atoms with Gasteiger partial charge in [0.1, 0.15) is 6.61 Å². The fourth-order valence-electron chi connectivity index (χ4n) is 2.53. The maximum absolute atomic E-state index is 11.7. The van der Waals surface area contributed by atoms with Crippen LogP contribution in [0.4, 0.5) is 4.79 Å². The monoisotopic (exact) mass is 322 g/mol. The van der Waals surface area contributed by atoms with Crippen LogP contribution in [0.3, 0.4) is 0 Å². The molecule has 0 bridgehead atoms. The SMILES string of the molecule is COCC(CNC1CC(NC(=O)OCc2ccccc2)C1)OC. The summed E-state index contributed by atoms with van der Waals surface area (Å²) in [6, 6.07) is 10.2. The quantitative estimate of drug-likeness (QED) is 0.724. The Morgan fingerprint density at radius 2 is 1.96 bits per heavy atom. The second kappa shape index (κ2) is 9.50. The molecule has 128 valence electrons. The Morgan fingerprint density at radius 3 is 2.61 bits per heavy atom. The zero-order valence-electron chi connectivity index (χ0n) is 13.8. The Hall–Kier alpha value is -1.63. The van der Waals surface area contributed by atoms with E-state index in [4.69, 9.17) is 14.2 Å². The number of carbonyl (C=O) groups excluding carboxylic acids is 1. The maximum atomic E-state index is 11.7. The molecule has 1 saturated carbocycles. The predicted molar refractivity (Wildman–Crippen MR) is 87.2 cm³/mol. The van der Waals surface area contributed by atoms with Crippen LogP contribution < -0.4 is 10.6 Å². The molecule has 0 aliphatic heterocycles. The molecular formula is C17H26N2O4. The lowest BCUT2D eigenvalue weighted by atomic mass is 9.87. The standard InChI is InChI=1S/C17H26N2O4/c1-21-12-16(22-2)10-18-14-8-15(9-14)19-17(20)23-11-13-6-4-3-5-7-13/h3-7,14-16,18H,8-12H2,1-2H3,(H,19,20). The first-order chi connectivity index (χ1) is 11.2. The summed E-state index contributed by atoms with van der Waals surface area (Å²) in [6.07, 6.45) is 1.52. The molecule has 6 nitrogen and oxygen atoms in total. The van der Waals surface area contributed by atoms with E-state index in [2.05, 4.69) is 10.6 Å². The average Bonchev–Trinajstić information content (AvgIpc) is 2.54. The van der Waals surface area contributed by atoms with Crippen molar-refractivity contribution in [1.29, 1.82) is 0 Å². The molecular weight excluding hydrogens is 296 g/mol. The van der Waals surface area contributed by atoms with Crippen LogP contribution in [0.5, 0.6) is 0 Å². The summed E-state index contributed by atoms with van der Waals surface area (Å²) in [5.74, 6) is 0. The summed E-state index contributed by atoms with van der Waals surface area (Å²) in [7, 11) is 3.34. The first-order valence-electron chi connectivity index (χ1n) is 7.93. The average molecular weight is 322 g/mol. The van der Waals surface area contributed by atoms with Crippen molar-refractivity contribution in [2.24, 2.45) is 0 Å². The second-order valence-electron chi connectivity index (χ2n) is 5.79. The summed E-state index contributed by atoms with van der Waals surface area (Å²) in [5, 5.41) is 6.31. The highest BCUT2D eigenvalue weighted by Crippen LogP contribution is 2.20. The van der Waals surface area contributed by atoms with Crippen LogP contribution in [0.2, 0.25) is 0 Å². The van der Waals surface area contributed by atoms with Crippen molar-refractivity contribution in [3.63, 3.8) is 0 Å². The van der Waals surface area contributed by atoms with Crippen LogP contribution in [0.1, 0.15) is 18.4 Å². The highest BCUT2D eigenvalue weighted by atomic mass is 16.5. The number of rotatable bonds is 9. The zero-order valence-corrected chi connectivity index (χ0v) is 13.8. The van der Waals surface area contributed by atoms with Crippen LogP contribution >= 0.6 is 0 Å². The molecule has 1 atom stereocenters. The van der Waals surface area contributed by atoms with Gasteiger partial charge in [-0.05, 0) is 18.4 Å². The van der Waals surface area contributed by atoms with Crippen molar-refractivity contribution >= 4 is 6.09 Å². The largest absolute Gasteiger partial charge is 0.445 e. The van der Waals surface area contributed by atoms with Gasteiger partial charge in [-0.3, -0.25) is 0 Å². The van der Waals surface area contributed by atoms with Crippen molar-refractivity contribution < 1.29 is 19.0 Å². The van der Waals surface area contributed by atoms with Crippen LogP contribution in [0.25, 0.3) is 0 Å². The van der Waals surface area contributed by atoms with E-state index in [1.54, 1.807) is 14.2 Å². The highest BCUT2D eigenvalue weighted by Gasteiger charge is 2.30. The summed E-state index contributed by atoms with van der Waals surface area (Å²) < 4.78 is 15.6. The number of hydrogen-bond donors (Lipinski definition) is 2. The summed E-state index contributed by atoms with van der Waals surface area (Å²) in [4.78, 5) is 11.7. The number of carbonyl (C=O) groups is 1. The molecule has 0 radical (unpaired) electrons. The Morgan fingerprint density at radius 1 is 1.22 bits per heavy atom. The van der Waals surface area contributed by atoms with Gasteiger partial charge >= 0.3 is 6.09 Å². The number of hydrogen-bond acceptors (Lipinski definition) is 5. The molecule has 0 spiro atoms. The molecule has 1 unspecified atom stereocenters. The van der Waals surface area contributed by atoms with Crippen molar-refractivity contribution in [3.8, 4) is 0 Å². The van der Waals surface area contributed by atoms with E-state index in [0.29, 0.717) is 19.3 Å². The fraction of sp³-hybridized carbons (Fsp3) is 0.588. The number of amides is 1. The van der Waals surface area contributed by atoms with Gasteiger partial charge in [-0.15, -0.1) is 0 Å². The van der Waals surface area contributed by atoms with Gasteiger partial charge in [-0.25, -0.2) is 4.79 Å². The number of benzene rings is 1. The Kier molecular flexibility index (Phi) is 7.32. The lowest BCUT2D eigenvalue weighted by Gasteiger charge is -2.36. The van der Waals surface area contributed by atoms with E-state index in [1.807, 2.05) is 30.3 Å². The van der Waals surface area contributed by atoms with E-state index < -0.39 is 0 Å². The van der Waals surface area contributed by atoms with Gasteiger partial charge < -0.3 is 24.8 Å². The van der Waals surface area contributed by atoms with Crippen molar-refractivity contribution in [3.05, 3.63) is 35.9 Å². The van der Waals surface area contributed by atoms with E-state index >= 15 is 0 Å². The van der Waals surface area contributed by atoms with E-state index in [1.165, 1.54) is 0 Å². The third-order valence-corrected chi connectivity index (χ3v) is 3.99. The summed E-state index contributed by atoms with van der Waals surface area (Å²) in [5.41, 5.74) is 0.986. The smallest absolute Gasteiger partial charge is 0.407 e. The van der Waals surface area contributed by atoms with Crippen LogP contribution in [-0.4, -0.2) is 51.7 Å². The van der Waals surface area contributed by atoms with Gasteiger partial charge in [0.2, 0.25) is 0 Å². The lowest BCUT2D eigenvalue weighted by molar-refractivity contribution is 0.0246. The van der Waals surface area contributed by atoms with Crippen molar-refractivity contribution in [2.45, 2.75) is 37.6 Å². The van der Waals surface area contributed by atoms with Crippen LogP contribution in [0, 0.1) is 0 Å². The third-order valence-electron chi connectivity index (χ3n) is 3.99. The maximum Gasteiger partial charge on any atom is 0.407 e. The van der Waals surface area contributed by atoms with Crippen molar-refractivity contribution in [1.82, 2.24) is 10.6 Å². The fourth-order valence-corrected chi connectivity index (χ4v) is 2.53. The van der Waals surface area contributed by atoms with Crippen LogP contribution in [-0.2, 0) is 20.8 Å². The van der Waals surface area contributed by atoms with Gasteiger partial charge in [0, 0.05) is 32.8 Å². The van der Waals surface area contributed by atoms with E-state index in [0.717, 1.165) is 24.9 Å². The van der Waals surface area contributed by atoms with Gasteiger partial charge in [0.25, 0.3) is 0 Å². The Labute approximate surface area is 137 Å². The van der Waals surface area contributed by atoms with Crippen LogP contribution in [0.15, 0.2) is 30.3 Å². The number of methoxy groups -OCH3 is 2. The lowest BCUT2D eigenvalue weighted by Crippen LogP contribution is -2.54. The predicted octanol–water partition coefficient (Wildman–Crippen LogP) is 1.69. The molecule has 2 N–H and O–H groups in total. The molecule has 1 amide bonds. The van der Waals surface area contributed by atoms with E-state index in [-0.39, 0.29) is 18.2 Å². The molecule has 0 aromatic heterocycles. The summed E-state index contributed by atoms with van der Waals surface area (Å²) in [6.45, 7) is 1.62. The minimum atomic E-state index is -0.355. The zero-order chi connectivity index (χ0) is 16.5. The molecule has 1 aromatic rings. The normalized spacial score (nSPS) is 21.3. The summed E-state index contributed by atoms with van der Waals surface area (Å²) >= 11 is 0. The molecule has 0 saturated heterocycles. The molecule has 1 aromatic carbocycles. The molecule has 1 aliphatic rings. The second-order valence-corrected chi connectivity index (χ2v) is 5.79. The molecule has 2 rings (SSSR count). The van der Waals surface area contributed by atoms with Gasteiger partial charge in [-0.2, -0.15) is 0 Å². The topological polar surface area (TPSA) is 68.8 Å². The molecule has 1 fully saturated rings. The Balaban J connectivity index is 1.56. The first-order valence-corrected chi connectivity index (χ1v) is 7.93. The highest BCUT2D eigenvalue weighted by molar-refractivity contribution is 5.67. The number of nitrogens with one attached hydrogen (secondary N) is 2. The van der Waals surface area contributed by atoms with Gasteiger partial charge in [0.05, 0.1) is 12.7 Å². The molecule has 0 heterocycles.